The summed E-state index contributed by atoms with van der Waals surface area (Å²) in [7, 11) is 1.64. The Morgan fingerprint density at radius 3 is 2.58 bits per heavy atom. The Morgan fingerprint density at radius 2 is 1.84 bits per heavy atom. The van der Waals surface area contributed by atoms with Gasteiger partial charge in [-0.1, -0.05) is 42.8 Å². The summed E-state index contributed by atoms with van der Waals surface area (Å²) in [5.41, 5.74) is 3.97. The topological polar surface area (TPSA) is 58.6 Å². The van der Waals surface area contributed by atoms with Gasteiger partial charge >= 0.3 is 0 Å². The number of hydrogen-bond acceptors (Lipinski definition) is 4. The standard InChI is InChI=1S/C33H42N2O3/c1-22-17-28-8-7-23(2)35(21-30(28)19-31(22)33(37)34-15-16-38-3)20-24-5-4-6-29(18-24)32(36)27-13-11-26(12-14-27)25-9-10-25/h8,11-14,17,19,21,23-25,29H,4-7,9-10,15-16,18,20H2,1-3H3,(H,34,37). The number of carbonyl (C=O) groups is 2. The molecule has 5 rings (SSSR count). The molecule has 0 radical (unpaired) electrons. The van der Waals surface area contributed by atoms with Crippen LogP contribution in [0, 0.1) is 18.8 Å². The Kier molecular flexibility index (Phi) is 8.32. The van der Waals surface area contributed by atoms with Gasteiger partial charge in [0.1, 0.15) is 0 Å². The van der Waals surface area contributed by atoms with Gasteiger partial charge in [-0.2, -0.15) is 0 Å². The summed E-state index contributed by atoms with van der Waals surface area (Å²) in [6.45, 7) is 6.22. The van der Waals surface area contributed by atoms with Crippen LogP contribution in [0.5, 0.6) is 0 Å². The van der Waals surface area contributed by atoms with Gasteiger partial charge < -0.3 is 15.0 Å². The number of fused-ring (bicyclic) bond motifs is 1. The van der Waals surface area contributed by atoms with E-state index in [-0.39, 0.29) is 11.8 Å². The Labute approximate surface area is 227 Å². The first kappa shape index (κ1) is 26.7. The van der Waals surface area contributed by atoms with Crippen LogP contribution in [-0.4, -0.2) is 49.4 Å². The number of aryl methyl sites for hydroxylation is 1. The normalized spacial score (nSPS) is 23.0. The van der Waals surface area contributed by atoms with E-state index in [1.54, 1.807) is 7.11 Å². The van der Waals surface area contributed by atoms with E-state index in [1.807, 2.05) is 13.0 Å². The summed E-state index contributed by atoms with van der Waals surface area (Å²) in [6.07, 6.45) is 12.3. The molecule has 3 atom stereocenters. The molecule has 3 aliphatic rings. The third-order valence-corrected chi connectivity index (χ3v) is 8.68. The molecule has 2 fully saturated rings. The van der Waals surface area contributed by atoms with E-state index in [2.05, 4.69) is 59.7 Å². The first-order valence-electron chi connectivity index (χ1n) is 14.4. The Morgan fingerprint density at radius 1 is 1.05 bits per heavy atom. The van der Waals surface area contributed by atoms with Crippen LogP contribution in [0.3, 0.4) is 0 Å². The van der Waals surface area contributed by atoms with Crippen LogP contribution in [-0.2, 0) is 4.74 Å². The van der Waals surface area contributed by atoms with Crippen LogP contribution in [0.1, 0.15) is 89.6 Å². The number of amides is 1. The van der Waals surface area contributed by atoms with Gasteiger partial charge in [-0.15, -0.1) is 0 Å². The van der Waals surface area contributed by atoms with Crippen molar-refractivity contribution in [1.29, 1.82) is 0 Å². The average Bonchev–Trinajstić information content (AvgIpc) is 3.78. The van der Waals surface area contributed by atoms with Gasteiger partial charge in [0.05, 0.1) is 6.61 Å². The van der Waals surface area contributed by atoms with Gasteiger partial charge in [-0.05, 0) is 91.8 Å². The van der Waals surface area contributed by atoms with Gasteiger partial charge in [0, 0.05) is 49.5 Å². The molecule has 5 nitrogen and oxygen atoms in total. The summed E-state index contributed by atoms with van der Waals surface area (Å²) < 4.78 is 5.07. The lowest BCUT2D eigenvalue weighted by atomic mass is 9.77. The molecule has 5 heteroatoms. The SMILES string of the molecule is COCCNC(=O)c1cc2c(cc1C)=CCC(C)N(CC1CCCC(C(=O)c3ccc(C4CC4)cc3)C1)C=2. The molecule has 2 aromatic carbocycles. The van der Waals surface area contributed by atoms with Gasteiger partial charge in [0.2, 0.25) is 0 Å². The molecule has 2 saturated carbocycles. The zero-order valence-electron chi connectivity index (χ0n) is 23.2. The molecule has 1 amide bonds. The molecule has 1 N–H and O–H groups in total. The number of nitrogens with zero attached hydrogens (tertiary/aromatic N) is 1. The fourth-order valence-corrected chi connectivity index (χ4v) is 6.18. The molecular weight excluding hydrogens is 472 g/mol. The zero-order chi connectivity index (χ0) is 26.6. The Bertz CT molecular complexity index is 1280. The van der Waals surface area contributed by atoms with E-state index in [0.29, 0.717) is 30.9 Å². The molecule has 38 heavy (non-hydrogen) atoms. The number of rotatable bonds is 9. The quantitative estimate of drug-likeness (QED) is 0.394. The summed E-state index contributed by atoms with van der Waals surface area (Å²) in [5, 5.41) is 5.24. The molecule has 2 aromatic rings. The second-order valence-electron chi connectivity index (χ2n) is 11.6. The highest BCUT2D eigenvalue weighted by Crippen LogP contribution is 2.40. The van der Waals surface area contributed by atoms with Crippen LogP contribution in [0.25, 0.3) is 12.3 Å². The van der Waals surface area contributed by atoms with E-state index in [0.717, 1.165) is 60.1 Å². The number of ether oxygens (including phenoxy) is 1. The highest BCUT2D eigenvalue weighted by molar-refractivity contribution is 5.98. The molecule has 3 unspecified atom stereocenters. The highest BCUT2D eigenvalue weighted by Gasteiger charge is 2.30. The van der Waals surface area contributed by atoms with Gasteiger partial charge in [0.15, 0.2) is 5.78 Å². The minimum Gasteiger partial charge on any atom is -0.383 e. The zero-order valence-corrected chi connectivity index (χ0v) is 23.2. The number of ketones is 1. The van der Waals surface area contributed by atoms with E-state index < -0.39 is 0 Å². The van der Waals surface area contributed by atoms with Crippen molar-refractivity contribution in [3.63, 3.8) is 0 Å². The molecular formula is C33H42N2O3. The van der Waals surface area contributed by atoms with Crippen molar-refractivity contribution in [1.82, 2.24) is 10.2 Å². The first-order chi connectivity index (χ1) is 18.4. The van der Waals surface area contributed by atoms with Crippen molar-refractivity contribution in [3.8, 4) is 0 Å². The lowest BCUT2D eigenvalue weighted by Crippen LogP contribution is -2.37. The maximum absolute atomic E-state index is 13.4. The van der Waals surface area contributed by atoms with Crippen LogP contribution in [0.4, 0.5) is 0 Å². The van der Waals surface area contributed by atoms with Crippen molar-refractivity contribution >= 4 is 24.0 Å². The molecule has 202 valence electrons. The highest BCUT2D eigenvalue weighted by atomic mass is 16.5. The molecule has 1 aliphatic heterocycles. The van der Waals surface area contributed by atoms with Gasteiger partial charge in [-0.3, -0.25) is 9.59 Å². The summed E-state index contributed by atoms with van der Waals surface area (Å²) in [5.74, 6) is 1.59. The molecule has 0 spiro atoms. The lowest BCUT2D eigenvalue weighted by Gasteiger charge is -2.35. The number of Topliss-reactive ketones (excluding diaryl/α,β-unsaturated/α-hetero) is 1. The minimum absolute atomic E-state index is 0.0570. The van der Waals surface area contributed by atoms with Gasteiger partial charge in [0.25, 0.3) is 5.91 Å². The van der Waals surface area contributed by atoms with Crippen LogP contribution >= 0.6 is 0 Å². The van der Waals surface area contributed by atoms with Crippen LogP contribution < -0.4 is 15.8 Å². The van der Waals surface area contributed by atoms with Crippen molar-refractivity contribution in [2.45, 2.75) is 70.8 Å². The third-order valence-electron chi connectivity index (χ3n) is 8.68. The van der Waals surface area contributed by atoms with Crippen LogP contribution in [0.2, 0.25) is 0 Å². The maximum Gasteiger partial charge on any atom is 0.251 e. The van der Waals surface area contributed by atoms with Crippen LogP contribution in [0.15, 0.2) is 36.4 Å². The molecule has 0 bridgehead atoms. The summed E-state index contributed by atoms with van der Waals surface area (Å²) in [4.78, 5) is 28.6. The lowest BCUT2D eigenvalue weighted by molar-refractivity contribution is 0.0849. The average molecular weight is 515 g/mol. The molecule has 2 aliphatic carbocycles. The fourth-order valence-electron chi connectivity index (χ4n) is 6.18. The minimum atomic E-state index is -0.0570. The van der Waals surface area contributed by atoms with Crippen molar-refractivity contribution in [3.05, 3.63) is 69.1 Å². The Hall–Kier alpha value is -2.92. The van der Waals surface area contributed by atoms with Crippen molar-refractivity contribution in [2.75, 3.05) is 26.8 Å². The second-order valence-corrected chi connectivity index (χ2v) is 11.6. The molecule has 0 aromatic heterocycles. The maximum atomic E-state index is 13.4. The van der Waals surface area contributed by atoms with Crippen molar-refractivity contribution in [2.24, 2.45) is 11.8 Å². The third kappa shape index (κ3) is 6.20. The summed E-state index contributed by atoms with van der Waals surface area (Å²) in [6, 6.07) is 13.0. The fraction of sp³-hybridized carbons (Fsp3) is 0.515. The molecule has 1 heterocycles. The summed E-state index contributed by atoms with van der Waals surface area (Å²) >= 11 is 0. The largest absolute Gasteiger partial charge is 0.383 e. The smallest absolute Gasteiger partial charge is 0.251 e. The Balaban J connectivity index is 1.29. The second kappa shape index (κ2) is 11.9. The van der Waals surface area contributed by atoms with Crippen molar-refractivity contribution < 1.29 is 14.3 Å². The number of nitrogens with one attached hydrogen (secondary N) is 1. The monoisotopic (exact) mass is 514 g/mol. The van der Waals surface area contributed by atoms with E-state index in [4.69, 9.17) is 4.74 Å². The number of hydrogen-bond donors (Lipinski definition) is 1. The first-order valence-corrected chi connectivity index (χ1v) is 14.4. The van der Waals surface area contributed by atoms with E-state index in [9.17, 15) is 9.59 Å². The molecule has 0 saturated heterocycles. The van der Waals surface area contributed by atoms with E-state index in [1.165, 1.54) is 30.0 Å². The number of methoxy groups -OCH3 is 1. The van der Waals surface area contributed by atoms with Gasteiger partial charge in [-0.25, -0.2) is 0 Å². The predicted molar refractivity (Wildman–Crippen MR) is 153 cm³/mol. The van der Waals surface area contributed by atoms with E-state index >= 15 is 0 Å². The number of carbonyl (C=O) groups excluding carboxylic acids is 2. The number of benzene rings is 2. The predicted octanol–water partition coefficient (Wildman–Crippen LogP) is 4.55.